The summed E-state index contributed by atoms with van der Waals surface area (Å²) in [5, 5.41) is 5.52. The van der Waals surface area contributed by atoms with Crippen molar-refractivity contribution in [1.29, 1.82) is 0 Å². The quantitative estimate of drug-likeness (QED) is 0.525. The van der Waals surface area contributed by atoms with Crippen molar-refractivity contribution in [1.82, 2.24) is 15.3 Å². The molecule has 3 aromatic rings. The molecule has 0 aliphatic rings. The van der Waals surface area contributed by atoms with Crippen molar-refractivity contribution in [3.8, 4) is 10.7 Å². The molecule has 2 aromatic heterocycles. The van der Waals surface area contributed by atoms with Crippen molar-refractivity contribution in [2.24, 2.45) is 0 Å². The first-order valence-electron chi connectivity index (χ1n) is 8.16. The van der Waals surface area contributed by atoms with Gasteiger partial charge in [0.1, 0.15) is 5.01 Å². The summed E-state index contributed by atoms with van der Waals surface area (Å²) >= 11 is 1.49. The highest BCUT2D eigenvalue weighted by molar-refractivity contribution is 7.13. The van der Waals surface area contributed by atoms with E-state index in [9.17, 15) is 9.59 Å². The predicted molar refractivity (Wildman–Crippen MR) is 104 cm³/mol. The molecule has 0 radical (unpaired) electrons. The summed E-state index contributed by atoms with van der Waals surface area (Å²) in [5.41, 5.74) is 2.87. The van der Waals surface area contributed by atoms with Crippen LogP contribution in [-0.4, -0.2) is 29.0 Å². The van der Waals surface area contributed by atoms with Gasteiger partial charge >= 0.3 is 5.97 Å². The lowest BCUT2D eigenvalue weighted by Gasteiger charge is -2.00. The number of hydrogen-bond acceptors (Lipinski definition) is 6. The highest BCUT2D eigenvalue weighted by atomic mass is 32.1. The van der Waals surface area contributed by atoms with Gasteiger partial charge in [-0.15, -0.1) is 11.3 Å². The first kappa shape index (κ1) is 18.5. The number of thiazole rings is 1. The van der Waals surface area contributed by atoms with Crippen molar-refractivity contribution >= 4 is 29.3 Å². The van der Waals surface area contributed by atoms with E-state index < -0.39 is 5.97 Å². The molecule has 136 valence electrons. The number of nitrogens with zero attached hydrogens (tertiary/aromatic N) is 2. The van der Waals surface area contributed by atoms with Gasteiger partial charge in [0.2, 0.25) is 5.91 Å². The molecular weight excluding hydrogens is 362 g/mol. The molecule has 0 saturated heterocycles. The molecule has 2 heterocycles. The third-order valence-electron chi connectivity index (χ3n) is 3.64. The third kappa shape index (κ3) is 5.08. The Hall–Kier alpha value is -3.32. The van der Waals surface area contributed by atoms with Crippen LogP contribution in [0.2, 0.25) is 0 Å². The number of aromatic nitrogens is 2. The molecule has 1 amide bonds. The van der Waals surface area contributed by atoms with E-state index in [-0.39, 0.29) is 5.91 Å². The molecule has 0 unspecified atom stereocenters. The van der Waals surface area contributed by atoms with Gasteiger partial charge in [0.25, 0.3) is 0 Å². The zero-order valence-electron chi connectivity index (χ0n) is 14.6. The number of esters is 1. The predicted octanol–water partition coefficient (Wildman–Crippen LogP) is 3.32. The van der Waals surface area contributed by atoms with Gasteiger partial charge < -0.3 is 10.1 Å². The minimum Gasteiger partial charge on any atom is -0.465 e. The minimum atomic E-state index is -0.392. The van der Waals surface area contributed by atoms with Crippen LogP contribution >= 0.6 is 11.3 Å². The molecule has 1 aromatic carbocycles. The van der Waals surface area contributed by atoms with Crippen LogP contribution in [0.5, 0.6) is 0 Å². The van der Waals surface area contributed by atoms with E-state index in [0.717, 1.165) is 22.0 Å². The second kappa shape index (κ2) is 8.86. The number of benzene rings is 1. The highest BCUT2D eigenvalue weighted by Gasteiger charge is 2.06. The number of pyridine rings is 1. The smallest absolute Gasteiger partial charge is 0.337 e. The topological polar surface area (TPSA) is 81.2 Å². The van der Waals surface area contributed by atoms with Crippen LogP contribution < -0.4 is 5.32 Å². The summed E-state index contributed by atoms with van der Waals surface area (Å²) in [6.45, 7) is 0.341. The van der Waals surface area contributed by atoms with Crippen LogP contribution in [0.15, 0.2) is 60.1 Å². The zero-order chi connectivity index (χ0) is 19.1. The van der Waals surface area contributed by atoms with Gasteiger partial charge in [-0.2, -0.15) is 0 Å². The van der Waals surface area contributed by atoms with Crippen LogP contribution in [0.1, 0.15) is 21.6 Å². The lowest BCUT2D eigenvalue weighted by molar-refractivity contribution is -0.116. The SMILES string of the molecule is COC(=O)c1ccc(/C=C/C(=O)NCc2csc(-c3ccccn3)n2)cc1. The summed E-state index contributed by atoms with van der Waals surface area (Å²) in [6, 6.07) is 12.5. The Kier molecular flexibility index (Phi) is 6.06. The molecule has 6 nitrogen and oxygen atoms in total. The fraction of sp³-hybridized carbons (Fsp3) is 0.100. The van der Waals surface area contributed by atoms with E-state index in [0.29, 0.717) is 12.1 Å². The molecule has 0 fully saturated rings. The maximum atomic E-state index is 12.0. The number of amides is 1. The molecule has 0 aliphatic heterocycles. The molecule has 0 spiro atoms. The Labute approximate surface area is 160 Å². The fourth-order valence-electron chi connectivity index (χ4n) is 2.25. The Bertz CT molecular complexity index is 950. The minimum absolute atomic E-state index is 0.223. The van der Waals surface area contributed by atoms with Crippen molar-refractivity contribution in [2.75, 3.05) is 7.11 Å². The monoisotopic (exact) mass is 379 g/mol. The first-order valence-corrected chi connectivity index (χ1v) is 9.04. The molecule has 0 atom stereocenters. The summed E-state index contributed by atoms with van der Waals surface area (Å²) in [7, 11) is 1.34. The molecule has 0 saturated carbocycles. The maximum Gasteiger partial charge on any atom is 0.337 e. The second-order valence-corrected chi connectivity index (χ2v) is 6.38. The van der Waals surface area contributed by atoms with Crippen molar-refractivity contribution in [3.05, 3.63) is 76.9 Å². The molecule has 0 aliphatic carbocycles. The average Bonchev–Trinajstić information content (AvgIpc) is 3.20. The number of methoxy groups -OCH3 is 1. The number of ether oxygens (including phenoxy) is 1. The lowest BCUT2D eigenvalue weighted by atomic mass is 10.1. The first-order chi connectivity index (χ1) is 13.2. The van der Waals surface area contributed by atoms with E-state index in [4.69, 9.17) is 0 Å². The van der Waals surface area contributed by atoms with E-state index in [1.54, 1.807) is 36.5 Å². The summed E-state index contributed by atoms with van der Waals surface area (Å²) in [6.07, 6.45) is 4.84. The Morgan fingerprint density at radius 3 is 2.70 bits per heavy atom. The molecule has 27 heavy (non-hydrogen) atoms. The Morgan fingerprint density at radius 2 is 2.00 bits per heavy atom. The van der Waals surface area contributed by atoms with Crippen LogP contribution in [-0.2, 0) is 16.1 Å². The molecular formula is C20H17N3O3S. The van der Waals surface area contributed by atoms with Crippen molar-refractivity contribution < 1.29 is 14.3 Å². The number of carbonyl (C=O) groups excluding carboxylic acids is 2. The molecule has 7 heteroatoms. The number of carbonyl (C=O) groups is 2. The number of rotatable bonds is 6. The van der Waals surface area contributed by atoms with Crippen LogP contribution in [0.4, 0.5) is 0 Å². The highest BCUT2D eigenvalue weighted by Crippen LogP contribution is 2.21. The molecule has 0 bridgehead atoms. The van der Waals surface area contributed by atoms with Crippen molar-refractivity contribution in [2.45, 2.75) is 6.54 Å². The Balaban J connectivity index is 1.53. The lowest BCUT2D eigenvalue weighted by Crippen LogP contribution is -2.20. The summed E-state index contributed by atoms with van der Waals surface area (Å²) in [4.78, 5) is 32.1. The van der Waals surface area contributed by atoms with Gasteiger partial charge in [-0.3, -0.25) is 9.78 Å². The number of nitrogens with one attached hydrogen (secondary N) is 1. The maximum absolute atomic E-state index is 12.0. The number of hydrogen-bond donors (Lipinski definition) is 1. The van der Waals surface area contributed by atoms with Crippen LogP contribution in [0, 0.1) is 0 Å². The van der Waals surface area contributed by atoms with E-state index in [1.807, 2.05) is 23.6 Å². The summed E-state index contributed by atoms with van der Waals surface area (Å²) < 4.78 is 4.65. The van der Waals surface area contributed by atoms with Gasteiger partial charge in [-0.25, -0.2) is 9.78 Å². The Morgan fingerprint density at radius 1 is 1.19 bits per heavy atom. The van der Waals surface area contributed by atoms with Gasteiger partial charge in [-0.1, -0.05) is 18.2 Å². The zero-order valence-corrected chi connectivity index (χ0v) is 15.4. The van der Waals surface area contributed by atoms with E-state index in [1.165, 1.54) is 24.5 Å². The molecule has 1 N–H and O–H groups in total. The van der Waals surface area contributed by atoms with Gasteiger partial charge in [0.15, 0.2) is 0 Å². The standard InChI is InChI=1S/C20H17N3O3S/c1-26-20(25)15-8-5-14(6-9-15)7-10-18(24)22-12-16-13-27-19(23-16)17-4-2-3-11-21-17/h2-11,13H,12H2,1H3,(H,22,24)/b10-7+. The largest absolute Gasteiger partial charge is 0.465 e. The summed E-state index contributed by atoms with van der Waals surface area (Å²) in [5.74, 6) is -0.615. The van der Waals surface area contributed by atoms with Crippen LogP contribution in [0.25, 0.3) is 16.8 Å². The van der Waals surface area contributed by atoms with Gasteiger partial charge in [0.05, 0.1) is 30.6 Å². The second-order valence-electron chi connectivity index (χ2n) is 5.52. The normalized spacial score (nSPS) is 10.7. The third-order valence-corrected chi connectivity index (χ3v) is 4.55. The van der Waals surface area contributed by atoms with Gasteiger partial charge in [0, 0.05) is 17.7 Å². The van der Waals surface area contributed by atoms with E-state index >= 15 is 0 Å². The fourth-order valence-corrected chi connectivity index (χ4v) is 3.05. The van der Waals surface area contributed by atoms with Crippen LogP contribution in [0.3, 0.4) is 0 Å². The van der Waals surface area contributed by atoms with E-state index in [2.05, 4.69) is 20.0 Å². The van der Waals surface area contributed by atoms with Gasteiger partial charge in [-0.05, 0) is 35.9 Å². The average molecular weight is 379 g/mol. The van der Waals surface area contributed by atoms with Crippen molar-refractivity contribution in [3.63, 3.8) is 0 Å². The molecule has 3 rings (SSSR count).